The van der Waals surface area contributed by atoms with Crippen molar-refractivity contribution in [1.82, 2.24) is 0 Å². The number of benzene rings is 1. The first-order chi connectivity index (χ1) is 10.2. The second kappa shape index (κ2) is 8.31. The molecule has 1 unspecified atom stereocenters. The molecule has 0 saturated heterocycles. The molecule has 0 fully saturated rings. The fraction of sp³-hybridized carbons (Fsp3) is 0.684. The van der Waals surface area contributed by atoms with Crippen molar-refractivity contribution in [1.29, 1.82) is 0 Å². The molecule has 0 aliphatic carbocycles. The molecule has 0 spiro atoms. The van der Waals surface area contributed by atoms with Crippen LogP contribution >= 0.6 is 0 Å². The molecule has 1 N–H and O–H groups in total. The summed E-state index contributed by atoms with van der Waals surface area (Å²) in [5.41, 5.74) is 4.26. The SMILES string of the molecule is CCCCCN(CCCCC)c1ccc2c(c1)CC(C)N2. The summed E-state index contributed by atoms with van der Waals surface area (Å²) in [6.45, 7) is 9.24. The van der Waals surface area contributed by atoms with Crippen molar-refractivity contribution in [3.63, 3.8) is 0 Å². The van der Waals surface area contributed by atoms with E-state index in [1.54, 1.807) is 0 Å². The lowest BCUT2D eigenvalue weighted by Gasteiger charge is -2.25. The average molecular weight is 288 g/mol. The number of fused-ring (bicyclic) bond motifs is 1. The summed E-state index contributed by atoms with van der Waals surface area (Å²) in [6.07, 6.45) is 9.08. The summed E-state index contributed by atoms with van der Waals surface area (Å²) in [7, 11) is 0. The Morgan fingerprint density at radius 2 is 1.71 bits per heavy atom. The van der Waals surface area contributed by atoms with Crippen molar-refractivity contribution < 1.29 is 0 Å². The molecule has 1 aliphatic rings. The van der Waals surface area contributed by atoms with E-state index in [-0.39, 0.29) is 0 Å². The highest BCUT2D eigenvalue weighted by Crippen LogP contribution is 2.30. The normalized spacial score (nSPS) is 16.6. The van der Waals surface area contributed by atoms with Gasteiger partial charge in [0, 0.05) is 30.5 Å². The van der Waals surface area contributed by atoms with Gasteiger partial charge >= 0.3 is 0 Å². The maximum atomic E-state index is 3.55. The van der Waals surface area contributed by atoms with Gasteiger partial charge in [-0.25, -0.2) is 0 Å². The van der Waals surface area contributed by atoms with Crippen LogP contribution in [0.5, 0.6) is 0 Å². The lowest BCUT2D eigenvalue weighted by atomic mass is 10.1. The molecule has 1 atom stereocenters. The van der Waals surface area contributed by atoms with Crippen LogP contribution in [0.1, 0.15) is 64.9 Å². The van der Waals surface area contributed by atoms with Crippen molar-refractivity contribution in [2.45, 2.75) is 71.8 Å². The van der Waals surface area contributed by atoms with Crippen LogP contribution in [0.2, 0.25) is 0 Å². The van der Waals surface area contributed by atoms with Crippen LogP contribution in [0.4, 0.5) is 11.4 Å². The summed E-state index contributed by atoms with van der Waals surface area (Å²) in [6, 6.07) is 7.59. The van der Waals surface area contributed by atoms with Gasteiger partial charge in [-0.05, 0) is 49.9 Å². The second-order valence-electron chi connectivity index (χ2n) is 6.49. The summed E-state index contributed by atoms with van der Waals surface area (Å²) < 4.78 is 0. The molecule has 0 saturated carbocycles. The van der Waals surface area contributed by atoms with E-state index in [1.807, 2.05) is 0 Å². The Morgan fingerprint density at radius 1 is 1.05 bits per heavy atom. The van der Waals surface area contributed by atoms with Crippen LogP contribution in [0.25, 0.3) is 0 Å². The first kappa shape index (κ1) is 16.2. The van der Waals surface area contributed by atoms with Gasteiger partial charge in [0.25, 0.3) is 0 Å². The molecule has 2 rings (SSSR count). The van der Waals surface area contributed by atoms with Gasteiger partial charge in [-0.15, -0.1) is 0 Å². The highest BCUT2D eigenvalue weighted by atomic mass is 15.1. The maximum absolute atomic E-state index is 3.55. The summed E-state index contributed by atoms with van der Waals surface area (Å²) in [5, 5.41) is 3.55. The lowest BCUT2D eigenvalue weighted by Crippen LogP contribution is -2.25. The molecular formula is C19H32N2. The van der Waals surface area contributed by atoms with E-state index in [1.165, 1.54) is 75.0 Å². The minimum absolute atomic E-state index is 0.587. The number of nitrogens with one attached hydrogen (secondary N) is 1. The van der Waals surface area contributed by atoms with Gasteiger partial charge < -0.3 is 10.2 Å². The van der Waals surface area contributed by atoms with Gasteiger partial charge in [-0.2, -0.15) is 0 Å². The Hall–Kier alpha value is -1.18. The van der Waals surface area contributed by atoms with Crippen molar-refractivity contribution in [2.75, 3.05) is 23.3 Å². The van der Waals surface area contributed by atoms with Gasteiger partial charge in [0.2, 0.25) is 0 Å². The zero-order chi connectivity index (χ0) is 15.1. The topological polar surface area (TPSA) is 15.3 Å². The Labute approximate surface area is 130 Å². The van der Waals surface area contributed by atoms with E-state index in [0.29, 0.717) is 6.04 Å². The molecule has 1 aromatic rings. The first-order valence-corrected chi connectivity index (χ1v) is 8.89. The monoisotopic (exact) mass is 288 g/mol. The van der Waals surface area contributed by atoms with E-state index in [9.17, 15) is 0 Å². The molecule has 21 heavy (non-hydrogen) atoms. The Kier molecular flexibility index (Phi) is 6.41. The van der Waals surface area contributed by atoms with E-state index >= 15 is 0 Å². The van der Waals surface area contributed by atoms with Crippen LogP contribution in [-0.2, 0) is 6.42 Å². The van der Waals surface area contributed by atoms with E-state index in [2.05, 4.69) is 49.2 Å². The highest BCUT2D eigenvalue weighted by molar-refractivity contribution is 5.64. The number of rotatable bonds is 9. The third-order valence-corrected chi connectivity index (χ3v) is 4.45. The number of hydrogen-bond acceptors (Lipinski definition) is 2. The van der Waals surface area contributed by atoms with Gasteiger partial charge in [-0.1, -0.05) is 39.5 Å². The fourth-order valence-electron chi connectivity index (χ4n) is 3.21. The molecule has 2 heteroatoms. The quantitative estimate of drug-likeness (QED) is 0.626. The van der Waals surface area contributed by atoms with Crippen LogP contribution in [-0.4, -0.2) is 19.1 Å². The first-order valence-electron chi connectivity index (χ1n) is 8.89. The van der Waals surface area contributed by atoms with E-state index in [4.69, 9.17) is 0 Å². The van der Waals surface area contributed by atoms with Gasteiger partial charge in [0.15, 0.2) is 0 Å². The molecule has 1 aliphatic heterocycles. The largest absolute Gasteiger partial charge is 0.382 e. The highest BCUT2D eigenvalue weighted by Gasteiger charge is 2.18. The van der Waals surface area contributed by atoms with Crippen LogP contribution in [0.15, 0.2) is 18.2 Å². The predicted molar refractivity (Wildman–Crippen MR) is 94.5 cm³/mol. The minimum atomic E-state index is 0.587. The molecule has 0 amide bonds. The number of nitrogens with zero attached hydrogens (tertiary/aromatic N) is 1. The molecule has 0 bridgehead atoms. The molecule has 2 nitrogen and oxygen atoms in total. The summed E-state index contributed by atoms with van der Waals surface area (Å²) in [5.74, 6) is 0. The van der Waals surface area contributed by atoms with Crippen molar-refractivity contribution in [3.8, 4) is 0 Å². The van der Waals surface area contributed by atoms with Crippen LogP contribution in [0.3, 0.4) is 0 Å². The third kappa shape index (κ3) is 4.66. The van der Waals surface area contributed by atoms with Crippen molar-refractivity contribution >= 4 is 11.4 Å². The molecular weight excluding hydrogens is 256 g/mol. The molecule has 1 heterocycles. The van der Waals surface area contributed by atoms with Crippen LogP contribution < -0.4 is 10.2 Å². The standard InChI is InChI=1S/C19H32N2/c1-4-6-8-12-21(13-9-7-5-2)18-10-11-19-17(15-18)14-16(3)20-19/h10-11,15-16,20H,4-9,12-14H2,1-3H3. The average Bonchev–Trinajstić information content (AvgIpc) is 2.85. The maximum Gasteiger partial charge on any atom is 0.0377 e. The third-order valence-electron chi connectivity index (χ3n) is 4.45. The zero-order valence-electron chi connectivity index (χ0n) is 14.1. The van der Waals surface area contributed by atoms with Crippen molar-refractivity contribution in [3.05, 3.63) is 23.8 Å². The van der Waals surface area contributed by atoms with Gasteiger partial charge in [0.05, 0.1) is 0 Å². The van der Waals surface area contributed by atoms with Gasteiger partial charge in [0.1, 0.15) is 0 Å². The fourth-order valence-corrected chi connectivity index (χ4v) is 3.21. The Balaban J connectivity index is 2.02. The minimum Gasteiger partial charge on any atom is -0.382 e. The zero-order valence-corrected chi connectivity index (χ0v) is 14.1. The lowest BCUT2D eigenvalue weighted by molar-refractivity contribution is 0.636. The van der Waals surface area contributed by atoms with Crippen molar-refractivity contribution in [2.24, 2.45) is 0 Å². The van der Waals surface area contributed by atoms with E-state index in [0.717, 1.165) is 0 Å². The Morgan fingerprint density at radius 3 is 2.33 bits per heavy atom. The number of hydrogen-bond donors (Lipinski definition) is 1. The predicted octanol–water partition coefficient (Wildman–Crippen LogP) is 5.23. The second-order valence-corrected chi connectivity index (χ2v) is 6.49. The number of anilines is 2. The molecule has 0 aromatic heterocycles. The summed E-state index contributed by atoms with van der Waals surface area (Å²) >= 11 is 0. The van der Waals surface area contributed by atoms with Gasteiger partial charge in [-0.3, -0.25) is 0 Å². The molecule has 118 valence electrons. The Bertz CT molecular complexity index is 418. The van der Waals surface area contributed by atoms with E-state index < -0.39 is 0 Å². The molecule has 0 radical (unpaired) electrons. The smallest absolute Gasteiger partial charge is 0.0377 e. The summed E-state index contributed by atoms with van der Waals surface area (Å²) in [4.78, 5) is 2.61. The van der Waals surface area contributed by atoms with Crippen LogP contribution in [0, 0.1) is 0 Å². The number of unbranched alkanes of at least 4 members (excludes halogenated alkanes) is 4. The molecule has 1 aromatic carbocycles.